The average molecular weight is 313 g/mol. The molecule has 2 aromatic rings. The number of nitrogens with zero attached hydrogens (tertiary/aromatic N) is 1. The SMILES string of the molecule is CCC(NC(=O)c1cccc(OCCN)c1)c1ccc(C)cn1. The molecule has 1 amide bonds. The number of aryl methyl sites for hydroxylation is 1. The Morgan fingerprint density at radius 3 is 2.83 bits per heavy atom. The van der Waals surface area contributed by atoms with Gasteiger partial charge in [-0.15, -0.1) is 0 Å². The molecule has 0 aliphatic carbocycles. The van der Waals surface area contributed by atoms with E-state index in [1.54, 1.807) is 18.2 Å². The topological polar surface area (TPSA) is 77.2 Å². The van der Waals surface area contributed by atoms with E-state index in [1.807, 2.05) is 38.2 Å². The second-order valence-electron chi connectivity index (χ2n) is 5.36. The van der Waals surface area contributed by atoms with E-state index in [9.17, 15) is 4.79 Å². The fraction of sp³-hybridized carbons (Fsp3) is 0.333. The molecule has 0 spiro atoms. The van der Waals surface area contributed by atoms with Crippen LogP contribution in [0.25, 0.3) is 0 Å². The first kappa shape index (κ1) is 17.0. The molecule has 0 radical (unpaired) electrons. The van der Waals surface area contributed by atoms with E-state index in [4.69, 9.17) is 10.5 Å². The minimum absolute atomic E-state index is 0.114. The van der Waals surface area contributed by atoms with Gasteiger partial charge in [0, 0.05) is 18.3 Å². The molecule has 0 aliphatic rings. The largest absolute Gasteiger partial charge is 0.492 e. The zero-order chi connectivity index (χ0) is 16.7. The molecular weight excluding hydrogens is 290 g/mol. The van der Waals surface area contributed by atoms with E-state index in [-0.39, 0.29) is 11.9 Å². The molecular formula is C18H23N3O2. The van der Waals surface area contributed by atoms with E-state index in [2.05, 4.69) is 10.3 Å². The van der Waals surface area contributed by atoms with Crippen molar-refractivity contribution in [2.45, 2.75) is 26.3 Å². The van der Waals surface area contributed by atoms with Crippen LogP contribution in [0.4, 0.5) is 0 Å². The third-order valence-corrected chi connectivity index (χ3v) is 3.49. The molecule has 1 heterocycles. The highest BCUT2D eigenvalue weighted by atomic mass is 16.5. The first-order valence-electron chi connectivity index (χ1n) is 7.80. The van der Waals surface area contributed by atoms with Gasteiger partial charge in [0.2, 0.25) is 0 Å². The minimum Gasteiger partial charge on any atom is -0.492 e. The number of nitrogens with one attached hydrogen (secondary N) is 1. The number of hydrogen-bond acceptors (Lipinski definition) is 4. The molecule has 0 saturated heterocycles. The van der Waals surface area contributed by atoms with Crippen LogP contribution in [0.15, 0.2) is 42.6 Å². The van der Waals surface area contributed by atoms with Crippen molar-refractivity contribution in [2.75, 3.05) is 13.2 Å². The Bertz CT molecular complexity index is 641. The van der Waals surface area contributed by atoms with Crippen molar-refractivity contribution in [3.8, 4) is 5.75 Å². The molecule has 0 aliphatic heterocycles. The fourth-order valence-corrected chi connectivity index (χ4v) is 2.22. The quantitative estimate of drug-likeness (QED) is 0.823. The summed E-state index contributed by atoms with van der Waals surface area (Å²) in [5.74, 6) is 0.502. The molecule has 122 valence electrons. The molecule has 2 rings (SSSR count). The van der Waals surface area contributed by atoms with Crippen LogP contribution in [0, 0.1) is 6.92 Å². The van der Waals surface area contributed by atoms with E-state index in [0.29, 0.717) is 24.5 Å². The third kappa shape index (κ3) is 4.79. The number of amides is 1. The summed E-state index contributed by atoms with van der Waals surface area (Å²) in [6.07, 6.45) is 2.58. The van der Waals surface area contributed by atoms with Crippen molar-refractivity contribution in [1.29, 1.82) is 0 Å². The summed E-state index contributed by atoms with van der Waals surface area (Å²) >= 11 is 0. The number of rotatable bonds is 7. The summed E-state index contributed by atoms with van der Waals surface area (Å²) in [6.45, 7) is 4.87. The second-order valence-corrected chi connectivity index (χ2v) is 5.36. The number of ether oxygens (including phenoxy) is 1. The average Bonchev–Trinajstić information content (AvgIpc) is 2.58. The van der Waals surface area contributed by atoms with Crippen LogP contribution in [0.1, 0.15) is 41.0 Å². The number of pyridine rings is 1. The lowest BCUT2D eigenvalue weighted by atomic mass is 10.1. The third-order valence-electron chi connectivity index (χ3n) is 3.49. The van der Waals surface area contributed by atoms with Gasteiger partial charge in [0.15, 0.2) is 0 Å². The van der Waals surface area contributed by atoms with Gasteiger partial charge in [-0.3, -0.25) is 9.78 Å². The highest BCUT2D eigenvalue weighted by Gasteiger charge is 2.15. The van der Waals surface area contributed by atoms with Gasteiger partial charge in [0.1, 0.15) is 12.4 Å². The molecule has 1 atom stereocenters. The van der Waals surface area contributed by atoms with Gasteiger partial charge in [0.05, 0.1) is 11.7 Å². The monoisotopic (exact) mass is 313 g/mol. The number of carbonyl (C=O) groups excluding carboxylic acids is 1. The van der Waals surface area contributed by atoms with Gasteiger partial charge in [0.25, 0.3) is 5.91 Å². The van der Waals surface area contributed by atoms with Gasteiger partial charge in [-0.2, -0.15) is 0 Å². The molecule has 1 unspecified atom stereocenters. The Hall–Kier alpha value is -2.40. The summed E-state index contributed by atoms with van der Waals surface area (Å²) in [7, 11) is 0. The Labute approximate surface area is 136 Å². The maximum absolute atomic E-state index is 12.5. The molecule has 23 heavy (non-hydrogen) atoms. The summed E-state index contributed by atoms with van der Waals surface area (Å²) < 4.78 is 5.46. The van der Waals surface area contributed by atoms with E-state index in [0.717, 1.165) is 17.7 Å². The minimum atomic E-state index is -0.141. The van der Waals surface area contributed by atoms with Crippen molar-refractivity contribution in [3.63, 3.8) is 0 Å². The van der Waals surface area contributed by atoms with Gasteiger partial charge in [-0.05, 0) is 43.2 Å². The first-order chi connectivity index (χ1) is 11.1. The summed E-state index contributed by atoms with van der Waals surface area (Å²) in [5.41, 5.74) is 7.94. The van der Waals surface area contributed by atoms with Crippen molar-refractivity contribution < 1.29 is 9.53 Å². The normalized spacial score (nSPS) is 11.8. The molecule has 3 N–H and O–H groups in total. The van der Waals surface area contributed by atoms with Crippen LogP contribution in [0.2, 0.25) is 0 Å². The number of nitrogens with two attached hydrogens (primary N) is 1. The standard InChI is InChI=1S/C18H23N3O2/c1-3-16(17-8-7-13(2)12-20-17)21-18(22)14-5-4-6-15(11-14)23-10-9-19/h4-8,11-12,16H,3,9-10,19H2,1-2H3,(H,21,22). The molecule has 1 aromatic carbocycles. The summed E-state index contributed by atoms with van der Waals surface area (Å²) in [4.78, 5) is 16.9. The van der Waals surface area contributed by atoms with Gasteiger partial charge in [-0.25, -0.2) is 0 Å². The van der Waals surface area contributed by atoms with E-state index >= 15 is 0 Å². The van der Waals surface area contributed by atoms with Crippen molar-refractivity contribution in [2.24, 2.45) is 5.73 Å². The molecule has 1 aromatic heterocycles. The number of benzene rings is 1. The summed E-state index contributed by atoms with van der Waals surface area (Å²) in [5, 5.41) is 3.02. The maximum atomic E-state index is 12.5. The molecule has 0 bridgehead atoms. The predicted octanol–water partition coefficient (Wildman–Crippen LogP) is 2.61. The zero-order valence-electron chi connectivity index (χ0n) is 13.6. The lowest BCUT2D eigenvalue weighted by molar-refractivity contribution is 0.0934. The van der Waals surface area contributed by atoms with Crippen LogP contribution in [-0.4, -0.2) is 24.0 Å². The van der Waals surface area contributed by atoms with Crippen molar-refractivity contribution in [1.82, 2.24) is 10.3 Å². The number of hydrogen-bond donors (Lipinski definition) is 2. The van der Waals surface area contributed by atoms with Gasteiger partial charge < -0.3 is 15.8 Å². The van der Waals surface area contributed by atoms with Crippen molar-refractivity contribution in [3.05, 3.63) is 59.4 Å². The zero-order valence-corrected chi connectivity index (χ0v) is 13.6. The molecule has 5 nitrogen and oxygen atoms in total. The highest BCUT2D eigenvalue weighted by molar-refractivity contribution is 5.94. The molecule has 0 fully saturated rings. The fourth-order valence-electron chi connectivity index (χ4n) is 2.22. The van der Waals surface area contributed by atoms with Crippen LogP contribution in [0.3, 0.4) is 0 Å². The van der Waals surface area contributed by atoms with Crippen LogP contribution in [-0.2, 0) is 0 Å². The van der Waals surface area contributed by atoms with E-state index in [1.165, 1.54) is 0 Å². The Morgan fingerprint density at radius 1 is 1.35 bits per heavy atom. The lowest BCUT2D eigenvalue weighted by Crippen LogP contribution is -2.28. The van der Waals surface area contributed by atoms with Gasteiger partial charge >= 0.3 is 0 Å². The summed E-state index contributed by atoms with van der Waals surface area (Å²) in [6, 6.07) is 10.9. The Morgan fingerprint density at radius 2 is 2.17 bits per heavy atom. The van der Waals surface area contributed by atoms with Gasteiger partial charge in [-0.1, -0.05) is 19.1 Å². The van der Waals surface area contributed by atoms with Crippen LogP contribution < -0.4 is 15.8 Å². The highest BCUT2D eigenvalue weighted by Crippen LogP contribution is 2.17. The van der Waals surface area contributed by atoms with Crippen LogP contribution in [0.5, 0.6) is 5.75 Å². The Balaban J connectivity index is 2.08. The second kappa shape index (κ2) is 8.29. The maximum Gasteiger partial charge on any atom is 0.251 e. The number of carbonyl (C=O) groups is 1. The van der Waals surface area contributed by atoms with E-state index < -0.39 is 0 Å². The lowest BCUT2D eigenvalue weighted by Gasteiger charge is -2.17. The molecule has 0 saturated carbocycles. The van der Waals surface area contributed by atoms with Crippen LogP contribution >= 0.6 is 0 Å². The molecule has 5 heteroatoms. The first-order valence-corrected chi connectivity index (χ1v) is 7.80. The van der Waals surface area contributed by atoms with Crippen molar-refractivity contribution >= 4 is 5.91 Å². The predicted molar refractivity (Wildman–Crippen MR) is 90.5 cm³/mol. The smallest absolute Gasteiger partial charge is 0.251 e. The Kier molecular flexibility index (Phi) is 6.11. The number of aromatic nitrogens is 1.